The molecule has 0 radical (unpaired) electrons. The van der Waals surface area contributed by atoms with Crippen molar-refractivity contribution in [1.82, 2.24) is 29.4 Å². The zero-order valence-electron chi connectivity index (χ0n) is 17.6. The predicted molar refractivity (Wildman–Crippen MR) is 113 cm³/mol. The minimum absolute atomic E-state index is 0.236. The Morgan fingerprint density at radius 3 is 2.50 bits per heavy atom. The van der Waals surface area contributed by atoms with Crippen molar-refractivity contribution in [3.8, 4) is 5.75 Å². The van der Waals surface area contributed by atoms with E-state index in [0.29, 0.717) is 10.2 Å². The van der Waals surface area contributed by atoms with Crippen molar-refractivity contribution in [3.63, 3.8) is 0 Å². The number of nitrogens with one attached hydrogen (secondary N) is 1. The summed E-state index contributed by atoms with van der Waals surface area (Å²) in [6, 6.07) is 5.71. The first-order valence-corrected chi connectivity index (χ1v) is 10.7. The van der Waals surface area contributed by atoms with E-state index in [4.69, 9.17) is 0 Å². The van der Waals surface area contributed by atoms with Gasteiger partial charge in [0.05, 0.1) is 12.1 Å². The highest BCUT2D eigenvalue weighted by atomic mass is 32.1. The lowest BCUT2D eigenvalue weighted by Gasteiger charge is -2.22. The molecule has 1 atom stereocenters. The highest BCUT2D eigenvalue weighted by Gasteiger charge is 2.49. The number of hydrogen-bond donors (Lipinski definition) is 1. The van der Waals surface area contributed by atoms with E-state index in [2.05, 4.69) is 20.3 Å². The Labute approximate surface area is 192 Å². The van der Waals surface area contributed by atoms with E-state index in [-0.39, 0.29) is 29.3 Å². The van der Waals surface area contributed by atoms with Gasteiger partial charge in [0.25, 0.3) is 11.5 Å². The minimum atomic E-state index is -4.85. The first kappa shape index (κ1) is 21.9. The molecule has 0 bridgehead atoms. The summed E-state index contributed by atoms with van der Waals surface area (Å²) in [5.74, 6) is -0.560. The van der Waals surface area contributed by atoms with Crippen LogP contribution >= 0.6 is 11.3 Å². The first-order chi connectivity index (χ1) is 16.0. The van der Waals surface area contributed by atoms with E-state index in [1.54, 1.807) is 22.9 Å². The number of fused-ring (bicyclic) bond motifs is 3. The van der Waals surface area contributed by atoms with Crippen molar-refractivity contribution in [2.75, 3.05) is 0 Å². The second-order valence-electron chi connectivity index (χ2n) is 7.77. The summed E-state index contributed by atoms with van der Waals surface area (Å²) in [7, 11) is 1.55. The van der Waals surface area contributed by atoms with E-state index in [9.17, 15) is 27.6 Å². The fourth-order valence-corrected chi connectivity index (χ4v) is 4.77. The molecule has 1 fully saturated rings. The number of halogens is 3. The van der Waals surface area contributed by atoms with Crippen LogP contribution in [0.2, 0.25) is 0 Å². The molecule has 1 aliphatic heterocycles. The Morgan fingerprint density at radius 2 is 1.82 bits per heavy atom. The van der Waals surface area contributed by atoms with Crippen molar-refractivity contribution in [3.05, 3.63) is 57.5 Å². The zero-order valence-corrected chi connectivity index (χ0v) is 18.4. The average molecular weight is 492 g/mol. The number of thiophene rings is 1. The van der Waals surface area contributed by atoms with Gasteiger partial charge in [-0.05, 0) is 36.1 Å². The Balaban J connectivity index is 1.48. The van der Waals surface area contributed by atoms with Gasteiger partial charge in [0.1, 0.15) is 16.0 Å². The largest absolute Gasteiger partial charge is 0.573 e. The van der Waals surface area contributed by atoms with Gasteiger partial charge in [-0.2, -0.15) is 0 Å². The van der Waals surface area contributed by atoms with Crippen molar-refractivity contribution in [2.45, 2.75) is 25.4 Å². The van der Waals surface area contributed by atoms with Crippen LogP contribution in [0.4, 0.5) is 18.0 Å². The molecule has 34 heavy (non-hydrogen) atoms. The van der Waals surface area contributed by atoms with Crippen molar-refractivity contribution in [1.29, 1.82) is 0 Å². The summed E-state index contributed by atoms with van der Waals surface area (Å²) >= 11 is 1.25. The van der Waals surface area contributed by atoms with Crippen LogP contribution in [0.5, 0.6) is 5.75 Å². The summed E-state index contributed by atoms with van der Waals surface area (Å²) in [5.41, 5.74) is -0.925. The lowest BCUT2D eigenvalue weighted by Crippen LogP contribution is -2.40. The second-order valence-corrected chi connectivity index (χ2v) is 8.69. The quantitative estimate of drug-likeness (QED) is 0.439. The number of benzene rings is 1. The van der Waals surface area contributed by atoms with Crippen LogP contribution in [0.1, 0.15) is 18.3 Å². The molecule has 4 heterocycles. The summed E-state index contributed by atoms with van der Waals surface area (Å²) in [6.07, 6.45) is -4.85. The standard InChI is InChI=1S/C20H15F3N6O4S/c1-19(10-3-5-11(6-4-10)33-20(21,22)23)16(31)28(18(32)24-19)9-13-25-26-17-27(2)15(30)14-12(29(13)17)7-8-34-14/h3-8H,9H2,1-2H3,(H,24,32). The molecule has 0 saturated carbocycles. The van der Waals surface area contributed by atoms with Crippen molar-refractivity contribution in [2.24, 2.45) is 7.05 Å². The van der Waals surface area contributed by atoms with Crippen LogP contribution in [-0.4, -0.2) is 42.4 Å². The van der Waals surface area contributed by atoms with Gasteiger partial charge in [-0.3, -0.25) is 23.5 Å². The zero-order chi connectivity index (χ0) is 24.4. The summed E-state index contributed by atoms with van der Waals surface area (Å²) < 4.78 is 44.5. The summed E-state index contributed by atoms with van der Waals surface area (Å²) in [6.45, 7) is 1.22. The Morgan fingerprint density at radius 1 is 1.12 bits per heavy atom. The third-order valence-electron chi connectivity index (χ3n) is 5.64. The molecule has 1 aromatic carbocycles. The molecule has 0 aliphatic carbocycles. The Kier molecular flexibility index (Phi) is 4.69. The van der Waals surface area contributed by atoms with E-state index in [0.717, 1.165) is 17.0 Å². The maximum Gasteiger partial charge on any atom is 0.573 e. The van der Waals surface area contributed by atoms with Crippen LogP contribution in [0, 0.1) is 0 Å². The van der Waals surface area contributed by atoms with Gasteiger partial charge in [0, 0.05) is 7.05 Å². The molecule has 1 saturated heterocycles. The Hall–Kier alpha value is -3.94. The van der Waals surface area contributed by atoms with E-state index in [1.807, 2.05) is 0 Å². The van der Waals surface area contributed by atoms with Gasteiger partial charge in [-0.1, -0.05) is 12.1 Å². The van der Waals surface area contributed by atoms with E-state index < -0.39 is 29.6 Å². The van der Waals surface area contributed by atoms with Crippen molar-refractivity contribution >= 4 is 39.3 Å². The number of aryl methyl sites for hydroxylation is 1. The highest BCUT2D eigenvalue weighted by Crippen LogP contribution is 2.32. The van der Waals surface area contributed by atoms with Gasteiger partial charge in [0.2, 0.25) is 5.78 Å². The van der Waals surface area contributed by atoms with Gasteiger partial charge < -0.3 is 10.1 Å². The molecule has 10 nitrogen and oxygen atoms in total. The summed E-state index contributed by atoms with van der Waals surface area (Å²) in [5, 5.41) is 12.5. The lowest BCUT2D eigenvalue weighted by atomic mass is 9.92. The fourth-order valence-electron chi connectivity index (χ4n) is 3.92. The third kappa shape index (κ3) is 3.29. The number of alkyl halides is 3. The SMILES string of the molecule is Cn1c(=O)c2sccc2n2c(CN3C(=O)NC(C)(c4ccc(OC(F)(F)F)cc4)C3=O)nnc12. The highest BCUT2D eigenvalue weighted by molar-refractivity contribution is 7.17. The van der Waals surface area contributed by atoms with E-state index >= 15 is 0 Å². The maximum absolute atomic E-state index is 13.3. The van der Waals surface area contributed by atoms with Crippen molar-refractivity contribution < 1.29 is 27.5 Å². The molecular weight excluding hydrogens is 477 g/mol. The van der Waals surface area contributed by atoms with Gasteiger partial charge >= 0.3 is 12.4 Å². The topological polar surface area (TPSA) is 111 Å². The van der Waals surface area contributed by atoms with Crippen LogP contribution in [0.3, 0.4) is 0 Å². The molecule has 176 valence electrons. The molecule has 14 heteroatoms. The number of carbonyl (C=O) groups excluding carboxylic acids is 2. The first-order valence-electron chi connectivity index (χ1n) is 9.80. The summed E-state index contributed by atoms with van der Waals surface area (Å²) in [4.78, 5) is 39.4. The number of aromatic nitrogens is 4. The lowest BCUT2D eigenvalue weighted by molar-refractivity contribution is -0.274. The monoisotopic (exact) mass is 492 g/mol. The van der Waals surface area contributed by atoms with Gasteiger partial charge in [-0.25, -0.2) is 4.79 Å². The number of rotatable bonds is 4. The predicted octanol–water partition coefficient (Wildman–Crippen LogP) is 2.51. The molecule has 5 rings (SSSR count). The third-order valence-corrected chi connectivity index (χ3v) is 6.53. The number of nitrogens with zero attached hydrogens (tertiary/aromatic N) is 5. The Bertz CT molecular complexity index is 1520. The van der Waals surface area contributed by atoms with Gasteiger partial charge in [0.15, 0.2) is 5.82 Å². The molecule has 1 unspecified atom stereocenters. The van der Waals surface area contributed by atoms with E-state index in [1.165, 1.54) is 35.0 Å². The van der Waals surface area contributed by atoms with Crippen LogP contribution in [0.15, 0.2) is 40.5 Å². The number of ether oxygens (including phenoxy) is 1. The normalized spacial score (nSPS) is 18.8. The molecular formula is C20H15F3N6O4S. The second kappa shape index (κ2) is 7.28. The molecule has 4 aromatic rings. The number of urea groups is 1. The maximum atomic E-state index is 13.3. The van der Waals surface area contributed by atoms with Crippen LogP contribution in [0.25, 0.3) is 16.0 Å². The molecule has 3 amide bonds. The van der Waals surface area contributed by atoms with Crippen LogP contribution < -0.4 is 15.6 Å². The number of hydrogen-bond acceptors (Lipinski definition) is 7. The van der Waals surface area contributed by atoms with Gasteiger partial charge in [-0.15, -0.1) is 34.7 Å². The average Bonchev–Trinajstić information content (AvgIpc) is 3.46. The molecule has 1 N–H and O–H groups in total. The fraction of sp³-hybridized carbons (Fsp3) is 0.250. The smallest absolute Gasteiger partial charge is 0.406 e. The van der Waals surface area contributed by atoms with Crippen LogP contribution in [-0.2, 0) is 23.9 Å². The molecule has 0 spiro atoms. The molecule has 3 aromatic heterocycles. The minimum Gasteiger partial charge on any atom is -0.406 e. The number of amides is 3. The number of imide groups is 1. The molecule has 1 aliphatic rings. The number of carbonyl (C=O) groups is 2.